The van der Waals surface area contributed by atoms with Gasteiger partial charge in [-0.2, -0.15) is 0 Å². The van der Waals surface area contributed by atoms with Crippen molar-refractivity contribution in [2.45, 2.75) is 45.7 Å². The highest BCUT2D eigenvalue weighted by atomic mass is 16.2. The van der Waals surface area contributed by atoms with E-state index in [1.807, 2.05) is 26.8 Å². The van der Waals surface area contributed by atoms with Crippen LogP contribution in [0.5, 0.6) is 0 Å². The SMILES string of the molecule is Cn1ccc(CN2CCCC(C(=O)NC(C)(C)C)C2)cc1=O. The molecule has 1 aliphatic rings. The number of nitrogens with one attached hydrogen (secondary N) is 1. The molecule has 0 aromatic carbocycles. The van der Waals surface area contributed by atoms with E-state index in [9.17, 15) is 9.59 Å². The lowest BCUT2D eigenvalue weighted by molar-refractivity contribution is -0.128. The van der Waals surface area contributed by atoms with Crippen molar-refractivity contribution in [2.75, 3.05) is 13.1 Å². The third-order valence-electron chi connectivity index (χ3n) is 3.95. The maximum absolute atomic E-state index is 12.3. The van der Waals surface area contributed by atoms with Gasteiger partial charge in [-0.05, 0) is 51.8 Å². The molecule has 1 N–H and O–H groups in total. The number of aryl methyl sites for hydroxylation is 1. The summed E-state index contributed by atoms with van der Waals surface area (Å²) in [6, 6.07) is 3.65. The number of likely N-dealkylation sites (tertiary alicyclic amines) is 1. The zero-order chi connectivity index (χ0) is 16.3. The Kier molecular flexibility index (Phi) is 5.06. The van der Waals surface area contributed by atoms with Crippen LogP contribution in [-0.2, 0) is 18.4 Å². The Labute approximate surface area is 132 Å². The third kappa shape index (κ3) is 4.70. The summed E-state index contributed by atoms with van der Waals surface area (Å²) in [6.07, 6.45) is 3.76. The number of carbonyl (C=O) groups is 1. The van der Waals surface area contributed by atoms with E-state index in [0.29, 0.717) is 0 Å². The number of piperidine rings is 1. The van der Waals surface area contributed by atoms with Gasteiger partial charge in [-0.25, -0.2) is 0 Å². The van der Waals surface area contributed by atoms with E-state index in [4.69, 9.17) is 0 Å². The minimum Gasteiger partial charge on any atom is -0.351 e. The fourth-order valence-electron chi connectivity index (χ4n) is 2.83. The molecule has 1 unspecified atom stereocenters. The molecule has 0 spiro atoms. The number of rotatable bonds is 3. The fourth-order valence-corrected chi connectivity index (χ4v) is 2.83. The van der Waals surface area contributed by atoms with Gasteiger partial charge in [-0.1, -0.05) is 0 Å². The van der Waals surface area contributed by atoms with Crippen LogP contribution in [0.25, 0.3) is 0 Å². The Hall–Kier alpha value is -1.62. The van der Waals surface area contributed by atoms with E-state index in [1.54, 1.807) is 23.9 Å². The van der Waals surface area contributed by atoms with E-state index >= 15 is 0 Å². The summed E-state index contributed by atoms with van der Waals surface area (Å²) in [4.78, 5) is 26.3. The van der Waals surface area contributed by atoms with Crippen molar-refractivity contribution in [3.05, 3.63) is 34.2 Å². The second kappa shape index (κ2) is 6.65. The smallest absolute Gasteiger partial charge is 0.250 e. The lowest BCUT2D eigenvalue weighted by atomic mass is 9.95. The second-order valence-electron chi connectivity index (χ2n) is 7.30. The van der Waals surface area contributed by atoms with Crippen molar-refractivity contribution in [2.24, 2.45) is 13.0 Å². The molecule has 1 amide bonds. The first-order valence-corrected chi connectivity index (χ1v) is 7.94. The van der Waals surface area contributed by atoms with E-state index in [2.05, 4.69) is 10.2 Å². The number of pyridine rings is 1. The normalized spacial score (nSPS) is 19.9. The predicted molar refractivity (Wildman–Crippen MR) is 87.6 cm³/mol. The van der Waals surface area contributed by atoms with E-state index in [-0.39, 0.29) is 22.9 Å². The van der Waals surface area contributed by atoms with Crippen LogP contribution in [0, 0.1) is 5.92 Å². The summed E-state index contributed by atoms with van der Waals surface area (Å²) in [6.45, 7) is 8.49. The summed E-state index contributed by atoms with van der Waals surface area (Å²) in [7, 11) is 1.75. The Morgan fingerprint density at radius 2 is 2.14 bits per heavy atom. The van der Waals surface area contributed by atoms with Crippen LogP contribution in [0.4, 0.5) is 0 Å². The first kappa shape index (κ1) is 16.7. The molecule has 5 nitrogen and oxygen atoms in total. The average Bonchev–Trinajstić information content (AvgIpc) is 2.41. The molecule has 1 aromatic rings. The van der Waals surface area contributed by atoms with Crippen molar-refractivity contribution in [3.63, 3.8) is 0 Å². The topological polar surface area (TPSA) is 54.3 Å². The van der Waals surface area contributed by atoms with Crippen LogP contribution in [0.15, 0.2) is 23.1 Å². The van der Waals surface area contributed by atoms with E-state index in [1.165, 1.54) is 0 Å². The molecule has 2 rings (SSSR count). The molecule has 5 heteroatoms. The zero-order valence-electron chi connectivity index (χ0n) is 14.1. The summed E-state index contributed by atoms with van der Waals surface area (Å²) in [5.74, 6) is 0.181. The maximum atomic E-state index is 12.3. The van der Waals surface area contributed by atoms with Crippen LogP contribution >= 0.6 is 0 Å². The van der Waals surface area contributed by atoms with Gasteiger partial charge in [0.05, 0.1) is 5.92 Å². The van der Waals surface area contributed by atoms with Gasteiger partial charge in [0.2, 0.25) is 5.91 Å². The molecule has 0 bridgehead atoms. The lowest BCUT2D eigenvalue weighted by Gasteiger charge is -2.33. The molecule has 0 aliphatic carbocycles. The van der Waals surface area contributed by atoms with Gasteiger partial charge in [0.15, 0.2) is 0 Å². The van der Waals surface area contributed by atoms with Crippen molar-refractivity contribution < 1.29 is 4.79 Å². The summed E-state index contributed by atoms with van der Waals surface area (Å²) >= 11 is 0. The van der Waals surface area contributed by atoms with Gasteiger partial charge in [0.1, 0.15) is 0 Å². The molecular formula is C17H27N3O2. The Balaban J connectivity index is 1.97. The molecule has 1 atom stereocenters. The number of hydrogen-bond donors (Lipinski definition) is 1. The van der Waals surface area contributed by atoms with E-state index in [0.717, 1.165) is 38.0 Å². The largest absolute Gasteiger partial charge is 0.351 e. The quantitative estimate of drug-likeness (QED) is 0.921. The first-order valence-electron chi connectivity index (χ1n) is 7.94. The van der Waals surface area contributed by atoms with Gasteiger partial charge < -0.3 is 9.88 Å². The fraction of sp³-hybridized carbons (Fsp3) is 0.647. The maximum Gasteiger partial charge on any atom is 0.250 e. The van der Waals surface area contributed by atoms with Crippen LogP contribution in [0.2, 0.25) is 0 Å². The number of carbonyl (C=O) groups excluding carboxylic acids is 1. The number of hydrogen-bond acceptors (Lipinski definition) is 3. The minimum atomic E-state index is -0.189. The molecule has 0 radical (unpaired) electrons. The third-order valence-corrected chi connectivity index (χ3v) is 3.95. The minimum absolute atomic E-state index is 0.0107. The van der Waals surface area contributed by atoms with Gasteiger partial charge >= 0.3 is 0 Å². The van der Waals surface area contributed by atoms with Gasteiger partial charge in [0.25, 0.3) is 5.56 Å². The molecule has 0 saturated carbocycles. The highest BCUT2D eigenvalue weighted by Gasteiger charge is 2.27. The summed E-state index contributed by atoms with van der Waals surface area (Å²) < 4.78 is 1.57. The number of nitrogens with zero attached hydrogens (tertiary/aromatic N) is 2. The standard InChI is InChI=1S/C17H27N3O2/c1-17(2,3)18-16(22)14-6-5-8-20(12-14)11-13-7-9-19(4)15(21)10-13/h7,9-10,14H,5-6,8,11-12H2,1-4H3,(H,18,22). The van der Waals surface area contributed by atoms with Crippen LogP contribution in [-0.4, -0.2) is 34.0 Å². The highest BCUT2D eigenvalue weighted by molar-refractivity contribution is 5.79. The van der Waals surface area contributed by atoms with E-state index < -0.39 is 0 Å². The van der Waals surface area contributed by atoms with Crippen molar-refractivity contribution >= 4 is 5.91 Å². The van der Waals surface area contributed by atoms with Crippen LogP contribution < -0.4 is 10.9 Å². The average molecular weight is 305 g/mol. The molecule has 1 saturated heterocycles. The molecule has 1 aliphatic heterocycles. The molecular weight excluding hydrogens is 278 g/mol. The highest BCUT2D eigenvalue weighted by Crippen LogP contribution is 2.19. The summed E-state index contributed by atoms with van der Waals surface area (Å²) in [5, 5.41) is 3.07. The lowest BCUT2D eigenvalue weighted by Crippen LogP contribution is -2.48. The zero-order valence-corrected chi connectivity index (χ0v) is 14.1. The monoisotopic (exact) mass is 305 g/mol. The van der Waals surface area contributed by atoms with Crippen LogP contribution in [0.3, 0.4) is 0 Å². The molecule has 1 fully saturated rings. The van der Waals surface area contributed by atoms with Crippen molar-refractivity contribution in [3.8, 4) is 0 Å². The second-order valence-corrected chi connectivity index (χ2v) is 7.30. The number of amides is 1. The Morgan fingerprint density at radius 3 is 2.77 bits per heavy atom. The molecule has 1 aromatic heterocycles. The molecule has 122 valence electrons. The first-order chi connectivity index (χ1) is 10.2. The van der Waals surface area contributed by atoms with Crippen molar-refractivity contribution in [1.29, 1.82) is 0 Å². The van der Waals surface area contributed by atoms with Gasteiger partial charge in [-0.15, -0.1) is 0 Å². The van der Waals surface area contributed by atoms with Gasteiger partial charge in [-0.3, -0.25) is 14.5 Å². The van der Waals surface area contributed by atoms with Gasteiger partial charge in [0, 0.05) is 37.9 Å². The number of aromatic nitrogens is 1. The predicted octanol–water partition coefficient (Wildman–Crippen LogP) is 1.51. The Bertz CT molecular complexity index is 586. The Morgan fingerprint density at radius 1 is 1.41 bits per heavy atom. The molecule has 2 heterocycles. The van der Waals surface area contributed by atoms with Crippen LogP contribution in [0.1, 0.15) is 39.2 Å². The van der Waals surface area contributed by atoms with Crippen molar-refractivity contribution in [1.82, 2.24) is 14.8 Å². The summed E-state index contributed by atoms with van der Waals surface area (Å²) in [5.41, 5.74) is 0.835. The molecule has 22 heavy (non-hydrogen) atoms.